The summed E-state index contributed by atoms with van der Waals surface area (Å²) < 4.78 is 56.2. The highest BCUT2D eigenvalue weighted by Gasteiger charge is 2.34. The number of nitrogens with one attached hydrogen (secondary N) is 2. The average molecular weight is 399 g/mol. The maximum absolute atomic E-state index is 13.2. The summed E-state index contributed by atoms with van der Waals surface area (Å²) in [6, 6.07) is 0.955. The Morgan fingerprint density at radius 3 is 2.57 bits per heavy atom. The van der Waals surface area contributed by atoms with Crippen LogP contribution in [0.25, 0.3) is 11.3 Å². The van der Waals surface area contributed by atoms with E-state index in [2.05, 4.69) is 25.6 Å². The van der Waals surface area contributed by atoms with E-state index in [9.17, 15) is 22.4 Å². The van der Waals surface area contributed by atoms with E-state index in [0.717, 1.165) is 12.4 Å². The first-order chi connectivity index (χ1) is 13.3. The number of ether oxygens (including phenoxy) is 1. The number of halogens is 4. The Balaban J connectivity index is 1.75. The normalized spacial score (nSPS) is 19.5. The first-order valence-electron chi connectivity index (χ1n) is 8.35. The molecule has 0 saturated carbocycles. The Morgan fingerprint density at radius 2 is 2.00 bits per heavy atom. The molecule has 3 rings (SSSR count). The van der Waals surface area contributed by atoms with Crippen LogP contribution in [-0.2, 0) is 17.5 Å². The smallest absolute Gasteiger partial charge is 0.451 e. The van der Waals surface area contributed by atoms with Crippen molar-refractivity contribution in [2.24, 2.45) is 0 Å². The van der Waals surface area contributed by atoms with Crippen LogP contribution < -0.4 is 15.4 Å². The molecule has 1 aliphatic rings. The van der Waals surface area contributed by atoms with E-state index in [1.807, 2.05) is 0 Å². The minimum Gasteiger partial charge on any atom is -0.495 e. The fraction of sp³-hybridized carbons (Fsp3) is 0.412. The van der Waals surface area contributed by atoms with Crippen molar-refractivity contribution in [3.63, 3.8) is 0 Å². The molecule has 0 aliphatic carbocycles. The number of pyridine rings is 1. The van der Waals surface area contributed by atoms with E-state index in [1.54, 1.807) is 6.07 Å². The molecule has 0 bridgehead atoms. The number of nitrogens with zero attached hydrogens (tertiary/aromatic N) is 3. The second-order valence-corrected chi connectivity index (χ2v) is 6.19. The van der Waals surface area contributed by atoms with Crippen molar-refractivity contribution in [3.05, 3.63) is 36.0 Å². The van der Waals surface area contributed by atoms with Gasteiger partial charge in [0.2, 0.25) is 11.7 Å². The van der Waals surface area contributed by atoms with Gasteiger partial charge >= 0.3 is 6.18 Å². The lowest BCUT2D eigenvalue weighted by Gasteiger charge is -2.14. The van der Waals surface area contributed by atoms with Crippen LogP contribution in [0.1, 0.15) is 17.8 Å². The maximum atomic E-state index is 13.2. The standard InChI is InChI=1S/C17H17F4N5O2/c1-28-14-8-23-12(10-5-25-16(26-6-10)17(19,20)21)2-9(14)4-24-15(27)13-3-11(18)7-22-13/h2,5-6,8,11,13,22H,3-4,7H2,1H3,(H,24,27)/t11-,13-/m1/s1. The average Bonchev–Trinajstić information content (AvgIpc) is 3.11. The molecule has 11 heteroatoms. The van der Waals surface area contributed by atoms with Crippen LogP contribution in [-0.4, -0.2) is 46.7 Å². The third-order valence-corrected chi connectivity index (χ3v) is 4.22. The molecule has 3 heterocycles. The number of rotatable bonds is 5. The molecule has 2 atom stereocenters. The summed E-state index contributed by atoms with van der Waals surface area (Å²) in [6.07, 6.45) is -2.15. The van der Waals surface area contributed by atoms with Gasteiger partial charge in [-0.2, -0.15) is 13.2 Å². The van der Waals surface area contributed by atoms with Crippen LogP contribution in [0.2, 0.25) is 0 Å². The molecule has 1 fully saturated rings. The molecule has 2 aromatic heterocycles. The second-order valence-electron chi connectivity index (χ2n) is 6.19. The fourth-order valence-electron chi connectivity index (χ4n) is 2.77. The molecule has 2 aromatic rings. The molecule has 150 valence electrons. The molecule has 0 spiro atoms. The lowest BCUT2D eigenvalue weighted by atomic mass is 10.1. The summed E-state index contributed by atoms with van der Waals surface area (Å²) in [5.74, 6) is -1.20. The van der Waals surface area contributed by atoms with E-state index in [0.29, 0.717) is 17.0 Å². The monoisotopic (exact) mass is 399 g/mol. The lowest BCUT2D eigenvalue weighted by Crippen LogP contribution is -2.40. The van der Waals surface area contributed by atoms with Crippen LogP contribution in [0.15, 0.2) is 24.7 Å². The van der Waals surface area contributed by atoms with Gasteiger partial charge in [-0.15, -0.1) is 0 Å². The second kappa shape index (κ2) is 8.05. The van der Waals surface area contributed by atoms with E-state index in [4.69, 9.17) is 4.74 Å². The van der Waals surface area contributed by atoms with Crippen molar-refractivity contribution in [3.8, 4) is 17.0 Å². The summed E-state index contributed by atoms with van der Waals surface area (Å²) in [5, 5.41) is 5.47. The van der Waals surface area contributed by atoms with Crippen LogP contribution >= 0.6 is 0 Å². The van der Waals surface area contributed by atoms with Gasteiger partial charge in [0.25, 0.3) is 0 Å². The van der Waals surface area contributed by atoms with Crippen LogP contribution in [0.4, 0.5) is 17.6 Å². The summed E-state index contributed by atoms with van der Waals surface area (Å²) >= 11 is 0. The maximum Gasteiger partial charge on any atom is 0.451 e. The number of aromatic nitrogens is 3. The van der Waals surface area contributed by atoms with E-state index in [1.165, 1.54) is 13.3 Å². The zero-order chi connectivity index (χ0) is 20.3. The molecule has 0 radical (unpaired) electrons. The Morgan fingerprint density at radius 1 is 1.29 bits per heavy atom. The molecular weight excluding hydrogens is 382 g/mol. The summed E-state index contributed by atoms with van der Waals surface area (Å²) in [6.45, 7) is 0.211. The SMILES string of the molecule is COc1cnc(-c2cnc(C(F)(F)F)nc2)cc1CNC(=O)[C@H]1C[C@@H](F)CN1. The van der Waals surface area contributed by atoms with Crippen LogP contribution in [0, 0.1) is 0 Å². The molecule has 2 N–H and O–H groups in total. The molecule has 0 aromatic carbocycles. The van der Waals surface area contributed by atoms with Gasteiger partial charge in [0.15, 0.2) is 0 Å². The third kappa shape index (κ3) is 4.53. The van der Waals surface area contributed by atoms with Gasteiger partial charge in [-0.05, 0) is 6.07 Å². The molecule has 1 saturated heterocycles. The number of hydrogen-bond donors (Lipinski definition) is 2. The largest absolute Gasteiger partial charge is 0.495 e. The number of hydrogen-bond acceptors (Lipinski definition) is 6. The first-order valence-corrected chi connectivity index (χ1v) is 8.35. The van der Waals surface area contributed by atoms with Gasteiger partial charge in [0.1, 0.15) is 11.9 Å². The van der Waals surface area contributed by atoms with Crippen molar-refractivity contribution < 1.29 is 27.1 Å². The minimum absolute atomic E-state index is 0.0775. The highest BCUT2D eigenvalue weighted by Crippen LogP contribution is 2.28. The van der Waals surface area contributed by atoms with Gasteiger partial charge in [0.05, 0.1) is 25.0 Å². The van der Waals surface area contributed by atoms with Gasteiger partial charge in [-0.1, -0.05) is 0 Å². The predicted octanol–water partition coefficient (Wildman–Crippen LogP) is 1.88. The van der Waals surface area contributed by atoms with E-state index < -0.39 is 24.2 Å². The van der Waals surface area contributed by atoms with Crippen molar-refractivity contribution in [1.29, 1.82) is 0 Å². The Kier molecular flexibility index (Phi) is 5.73. The van der Waals surface area contributed by atoms with Crippen molar-refractivity contribution >= 4 is 5.91 Å². The molecule has 1 amide bonds. The number of carbonyl (C=O) groups is 1. The van der Waals surface area contributed by atoms with Crippen molar-refractivity contribution in [2.45, 2.75) is 31.4 Å². The van der Waals surface area contributed by atoms with Crippen molar-refractivity contribution in [2.75, 3.05) is 13.7 Å². The molecule has 7 nitrogen and oxygen atoms in total. The topological polar surface area (TPSA) is 89.0 Å². The molecule has 28 heavy (non-hydrogen) atoms. The quantitative estimate of drug-likeness (QED) is 0.747. The number of amides is 1. The van der Waals surface area contributed by atoms with Crippen LogP contribution in [0.5, 0.6) is 5.75 Å². The summed E-state index contributed by atoms with van der Waals surface area (Å²) in [7, 11) is 1.43. The van der Waals surface area contributed by atoms with Gasteiger partial charge in [-0.3, -0.25) is 9.78 Å². The highest BCUT2D eigenvalue weighted by molar-refractivity contribution is 5.82. The van der Waals surface area contributed by atoms with Gasteiger partial charge < -0.3 is 15.4 Å². The van der Waals surface area contributed by atoms with Gasteiger partial charge in [-0.25, -0.2) is 14.4 Å². The molecule has 0 unspecified atom stereocenters. The van der Waals surface area contributed by atoms with Crippen molar-refractivity contribution in [1.82, 2.24) is 25.6 Å². The summed E-state index contributed by atoms with van der Waals surface area (Å²) in [4.78, 5) is 22.9. The Hall–Kier alpha value is -2.82. The number of carbonyl (C=O) groups excluding carboxylic acids is 1. The first kappa shape index (κ1) is 19.9. The zero-order valence-corrected chi connectivity index (χ0v) is 14.8. The molecular formula is C17H17F4N5O2. The Labute approximate surface area is 157 Å². The minimum atomic E-state index is -4.63. The fourth-order valence-corrected chi connectivity index (χ4v) is 2.77. The number of methoxy groups -OCH3 is 1. The van der Waals surface area contributed by atoms with Gasteiger partial charge in [0, 0.05) is 43.0 Å². The molecule has 1 aliphatic heterocycles. The van der Waals surface area contributed by atoms with Crippen LogP contribution in [0.3, 0.4) is 0 Å². The highest BCUT2D eigenvalue weighted by atomic mass is 19.4. The summed E-state index contributed by atoms with van der Waals surface area (Å²) in [5.41, 5.74) is 1.15. The lowest BCUT2D eigenvalue weighted by molar-refractivity contribution is -0.145. The Bertz CT molecular complexity index is 844. The number of alkyl halides is 4. The zero-order valence-electron chi connectivity index (χ0n) is 14.8. The van der Waals surface area contributed by atoms with E-state index in [-0.39, 0.29) is 31.0 Å². The van der Waals surface area contributed by atoms with E-state index >= 15 is 0 Å². The predicted molar refractivity (Wildman–Crippen MR) is 90.0 cm³/mol. The third-order valence-electron chi connectivity index (χ3n) is 4.22.